The molecule has 13 nitrogen and oxygen atoms in total. The normalized spacial score (nSPS) is 20.2. The number of carbonyl (C=O) groups excluding carboxylic acids is 1. The second-order valence-electron chi connectivity index (χ2n) is 7.40. The number of ether oxygens (including phenoxy) is 1. The Balaban J connectivity index is 1.95. The van der Waals surface area contributed by atoms with Crippen LogP contribution in [-0.4, -0.2) is 62.4 Å². The van der Waals surface area contributed by atoms with Crippen LogP contribution in [0.25, 0.3) is 0 Å². The second kappa shape index (κ2) is 12.7. The van der Waals surface area contributed by atoms with Gasteiger partial charge in [-0.3, -0.25) is 18.9 Å². The highest BCUT2D eigenvalue weighted by atomic mass is 31.2. The molecule has 0 aliphatic carbocycles. The van der Waals surface area contributed by atoms with E-state index < -0.39 is 44.1 Å². The van der Waals surface area contributed by atoms with Gasteiger partial charge >= 0.3 is 19.5 Å². The van der Waals surface area contributed by atoms with Crippen LogP contribution < -0.4 is 21.9 Å². The Morgan fingerprint density at radius 2 is 2.09 bits per heavy atom. The molecular weight excluding hydrogens is 459 g/mol. The average molecular weight is 488 g/mol. The molecule has 3 atom stereocenters. The number of amides is 2. The van der Waals surface area contributed by atoms with Crippen LogP contribution in [0.1, 0.15) is 50.8 Å². The molecule has 6 N–H and O–H groups in total. The van der Waals surface area contributed by atoms with E-state index in [1.54, 1.807) is 0 Å². The van der Waals surface area contributed by atoms with Gasteiger partial charge in [-0.25, -0.2) is 14.2 Å². The number of phosphoric ester groups is 1. The molecule has 1 aliphatic rings. The van der Waals surface area contributed by atoms with E-state index in [1.807, 2.05) is 0 Å². The molecule has 1 saturated heterocycles. The summed E-state index contributed by atoms with van der Waals surface area (Å²) in [6.45, 7) is 2.04. The van der Waals surface area contributed by atoms with Gasteiger partial charge in [0.25, 0.3) is 5.56 Å². The van der Waals surface area contributed by atoms with Crippen molar-refractivity contribution in [1.82, 2.24) is 20.2 Å². The summed E-state index contributed by atoms with van der Waals surface area (Å²) in [5.74, 6) is 5.19. The van der Waals surface area contributed by atoms with Crippen molar-refractivity contribution < 1.29 is 33.5 Å². The van der Waals surface area contributed by atoms with E-state index in [9.17, 15) is 24.1 Å². The third kappa shape index (κ3) is 9.13. The lowest BCUT2D eigenvalue weighted by molar-refractivity contribution is -0.0451. The van der Waals surface area contributed by atoms with E-state index >= 15 is 0 Å². The molecule has 184 valence electrons. The number of aromatic nitrogens is 2. The number of aliphatic hydroxyl groups is 1. The highest BCUT2D eigenvalue weighted by Gasteiger charge is 2.37. The number of aromatic amines is 1. The summed E-state index contributed by atoms with van der Waals surface area (Å²) in [4.78, 5) is 55.6. The number of unbranched alkanes of at least 4 members (excludes halogenated alkanes) is 3. The van der Waals surface area contributed by atoms with Crippen molar-refractivity contribution in [2.75, 3.05) is 19.7 Å². The topological polar surface area (TPSA) is 192 Å². The minimum atomic E-state index is -4.75. The molecule has 2 rings (SSSR count). The summed E-state index contributed by atoms with van der Waals surface area (Å²) < 4.78 is 21.7. The van der Waals surface area contributed by atoms with Crippen LogP contribution in [0.15, 0.2) is 15.8 Å². The summed E-state index contributed by atoms with van der Waals surface area (Å²) in [5, 5.41) is 15.3. The molecule has 1 aromatic rings. The number of H-pyrrole nitrogens is 1. The quantitative estimate of drug-likeness (QED) is 0.143. The zero-order chi connectivity index (χ0) is 24.4. The lowest BCUT2D eigenvalue weighted by Gasteiger charge is -2.16. The summed E-state index contributed by atoms with van der Waals surface area (Å²) >= 11 is 0. The standard InChI is InChI=1S/C19H29N4O9P/c1-2-3-4-5-8-20-18(26)21-9-6-7-13-11-23(19(27)22-17(13)25)16-10-14(24)15(32-16)12-31-33(28,29)30/h11,14-16,24H,2-5,8-10,12H2,1H3,(H2,20,21,26)(H,22,25,27)(H2,28,29,30)/t14-,15+,16+/m0/s1. The zero-order valence-corrected chi connectivity index (χ0v) is 19.0. The van der Waals surface area contributed by atoms with Gasteiger partial charge in [0.2, 0.25) is 0 Å². The van der Waals surface area contributed by atoms with E-state index in [0.29, 0.717) is 6.54 Å². The second-order valence-corrected chi connectivity index (χ2v) is 8.64. The first kappa shape index (κ1) is 26.8. The summed E-state index contributed by atoms with van der Waals surface area (Å²) in [7, 11) is -4.75. The predicted molar refractivity (Wildman–Crippen MR) is 116 cm³/mol. The van der Waals surface area contributed by atoms with Gasteiger partial charge in [-0.15, -0.1) is 0 Å². The third-order valence-electron chi connectivity index (χ3n) is 4.77. The van der Waals surface area contributed by atoms with E-state index in [-0.39, 0.29) is 24.6 Å². The molecule has 0 bridgehead atoms. The van der Waals surface area contributed by atoms with Crippen molar-refractivity contribution in [3.8, 4) is 11.8 Å². The Bertz CT molecular complexity index is 1020. The molecule has 0 spiro atoms. The van der Waals surface area contributed by atoms with Gasteiger partial charge in [0.05, 0.1) is 19.3 Å². The lowest BCUT2D eigenvalue weighted by Crippen LogP contribution is -2.36. The minimum Gasteiger partial charge on any atom is -0.390 e. The Morgan fingerprint density at radius 1 is 1.33 bits per heavy atom. The van der Waals surface area contributed by atoms with Gasteiger partial charge < -0.3 is 30.3 Å². The highest BCUT2D eigenvalue weighted by Crippen LogP contribution is 2.38. The zero-order valence-electron chi connectivity index (χ0n) is 18.2. The number of nitrogens with zero attached hydrogens (tertiary/aromatic N) is 1. The monoisotopic (exact) mass is 488 g/mol. The first-order valence-corrected chi connectivity index (χ1v) is 12.0. The fourth-order valence-electron chi connectivity index (χ4n) is 3.07. The van der Waals surface area contributed by atoms with Crippen LogP contribution in [0.3, 0.4) is 0 Å². The van der Waals surface area contributed by atoms with Crippen molar-refractivity contribution in [3.63, 3.8) is 0 Å². The predicted octanol–water partition coefficient (Wildman–Crippen LogP) is -0.475. The smallest absolute Gasteiger partial charge is 0.390 e. The average Bonchev–Trinajstić information content (AvgIpc) is 3.10. The van der Waals surface area contributed by atoms with Crippen LogP contribution in [0.4, 0.5) is 4.79 Å². The number of hydrogen-bond acceptors (Lipinski definition) is 7. The maximum absolute atomic E-state index is 12.2. The fourth-order valence-corrected chi connectivity index (χ4v) is 3.42. The molecule has 14 heteroatoms. The van der Waals surface area contributed by atoms with Gasteiger partial charge in [0.1, 0.15) is 17.9 Å². The third-order valence-corrected chi connectivity index (χ3v) is 5.25. The fraction of sp³-hybridized carbons (Fsp3) is 0.632. The Morgan fingerprint density at radius 3 is 2.79 bits per heavy atom. The number of rotatable bonds is 10. The largest absolute Gasteiger partial charge is 0.469 e. The summed E-state index contributed by atoms with van der Waals surface area (Å²) in [5.41, 5.74) is -1.60. The maximum atomic E-state index is 12.2. The molecule has 0 radical (unpaired) electrons. The molecule has 1 fully saturated rings. The number of nitrogens with one attached hydrogen (secondary N) is 3. The number of phosphoric acid groups is 1. The van der Waals surface area contributed by atoms with Crippen molar-refractivity contribution >= 4 is 13.9 Å². The summed E-state index contributed by atoms with van der Waals surface area (Å²) in [6.07, 6.45) is 1.97. The van der Waals surface area contributed by atoms with Gasteiger partial charge in [-0.1, -0.05) is 38.0 Å². The Labute approximate surface area is 189 Å². The molecule has 0 aromatic carbocycles. The Hall–Kier alpha value is -2.46. The molecular formula is C19H29N4O9P. The van der Waals surface area contributed by atoms with Crippen molar-refractivity contribution in [2.45, 2.75) is 57.5 Å². The molecule has 0 unspecified atom stereocenters. The number of urea groups is 1. The number of carbonyl (C=O) groups is 1. The SMILES string of the molecule is CCCCCCNC(=O)NCC#Cc1cn([C@H]2C[C@H](O)[C@@H](COP(=O)(O)O)O2)c(=O)[nH]c1=O. The maximum Gasteiger partial charge on any atom is 0.469 e. The van der Waals surface area contributed by atoms with Crippen molar-refractivity contribution in [2.24, 2.45) is 0 Å². The van der Waals surface area contributed by atoms with Crippen molar-refractivity contribution in [1.29, 1.82) is 0 Å². The summed E-state index contributed by atoms with van der Waals surface area (Å²) in [6, 6.07) is -0.378. The lowest BCUT2D eigenvalue weighted by atomic mass is 10.2. The van der Waals surface area contributed by atoms with Crippen LogP contribution >= 0.6 is 7.82 Å². The molecule has 2 heterocycles. The van der Waals surface area contributed by atoms with Crippen LogP contribution in [0, 0.1) is 11.8 Å². The van der Waals surface area contributed by atoms with Crippen LogP contribution in [0.2, 0.25) is 0 Å². The van der Waals surface area contributed by atoms with Crippen LogP contribution in [-0.2, 0) is 13.8 Å². The van der Waals surface area contributed by atoms with E-state index in [2.05, 4.69) is 38.9 Å². The molecule has 33 heavy (non-hydrogen) atoms. The molecule has 0 saturated carbocycles. The van der Waals surface area contributed by atoms with Crippen LogP contribution in [0.5, 0.6) is 0 Å². The van der Waals surface area contributed by atoms with Gasteiger partial charge in [-0.2, -0.15) is 0 Å². The molecule has 1 aliphatic heterocycles. The molecule has 2 amide bonds. The molecule has 1 aromatic heterocycles. The number of aliphatic hydroxyl groups excluding tert-OH is 1. The minimum absolute atomic E-state index is 0.0280. The Kier molecular flexibility index (Phi) is 10.3. The first-order valence-electron chi connectivity index (χ1n) is 10.5. The first-order chi connectivity index (χ1) is 15.6. The van der Waals surface area contributed by atoms with E-state index in [4.69, 9.17) is 14.5 Å². The van der Waals surface area contributed by atoms with E-state index in [0.717, 1.165) is 36.4 Å². The number of hydrogen-bond donors (Lipinski definition) is 6. The van der Waals surface area contributed by atoms with Gasteiger partial charge in [-0.05, 0) is 6.42 Å². The highest BCUT2D eigenvalue weighted by molar-refractivity contribution is 7.46. The van der Waals surface area contributed by atoms with Gasteiger partial charge in [0.15, 0.2) is 0 Å². The van der Waals surface area contributed by atoms with E-state index in [1.165, 1.54) is 0 Å². The van der Waals surface area contributed by atoms with Gasteiger partial charge in [0, 0.05) is 19.2 Å². The van der Waals surface area contributed by atoms with Crippen molar-refractivity contribution in [3.05, 3.63) is 32.6 Å².